The second kappa shape index (κ2) is 8.13. The third kappa shape index (κ3) is 6.10. The summed E-state index contributed by atoms with van der Waals surface area (Å²) in [4.78, 5) is 16.3. The summed E-state index contributed by atoms with van der Waals surface area (Å²) in [6.07, 6.45) is 1.82. The molecule has 6 nitrogen and oxygen atoms in total. The maximum atomic E-state index is 12.0. The maximum absolute atomic E-state index is 12.0. The molecule has 0 aliphatic carbocycles. The molecule has 2 heterocycles. The number of nitrogens with zero attached hydrogens (tertiary/aromatic N) is 2. The van der Waals surface area contributed by atoms with Crippen LogP contribution in [-0.2, 0) is 9.47 Å². The first-order chi connectivity index (χ1) is 10.4. The molecule has 128 valence electrons. The summed E-state index contributed by atoms with van der Waals surface area (Å²) in [5.41, 5.74) is -0.412. The Bertz CT molecular complexity index is 343. The molecule has 2 saturated heterocycles. The maximum Gasteiger partial charge on any atom is 0.410 e. The lowest BCUT2D eigenvalue weighted by Gasteiger charge is -2.34. The fourth-order valence-electron chi connectivity index (χ4n) is 2.84. The molecule has 1 amide bonds. The largest absolute Gasteiger partial charge is 0.444 e. The first-order valence-electron chi connectivity index (χ1n) is 8.45. The molecule has 6 heteroatoms. The Balaban J connectivity index is 1.59. The summed E-state index contributed by atoms with van der Waals surface area (Å²) in [5.74, 6) is 0. The molecule has 0 aromatic rings. The van der Waals surface area contributed by atoms with Gasteiger partial charge in [-0.1, -0.05) is 0 Å². The van der Waals surface area contributed by atoms with Gasteiger partial charge in [0.05, 0.1) is 13.2 Å². The van der Waals surface area contributed by atoms with Crippen LogP contribution in [0.15, 0.2) is 0 Å². The second-order valence-electron chi connectivity index (χ2n) is 7.15. The van der Waals surface area contributed by atoms with Crippen LogP contribution >= 0.6 is 0 Å². The minimum absolute atomic E-state index is 0.181. The molecule has 2 rings (SSSR count). The fourth-order valence-corrected chi connectivity index (χ4v) is 2.84. The molecular formula is C16H31N3O3. The van der Waals surface area contributed by atoms with E-state index in [1.54, 1.807) is 0 Å². The van der Waals surface area contributed by atoms with E-state index < -0.39 is 5.60 Å². The van der Waals surface area contributed by atoms with Crippen molar-refractivity contribution in [2.75, 3.05) is 52.5 Å². The van der Waals surface area contributed by atoms with Crippen LogP contribution in [0.1, 0.15) is 33.6 Å². The van der Waals surface area contributed by atoms with Crippen molar-refractivity contribution < 1.29 is 14.3 Å². The van der Waals surface area contributed by atoms with Gasteiger partial charge >= 0.3 is 6.09 Å². The topological polar surface area (TPSA) is 54.0 Å². The molecule has 0 unspecified atom stereocenters. The Labute approximate surface area is 134 Å². The zero-order valence-electron chi connectivity index (χ0n) is 14.3. The average molecular weight is 313 g/mol. The van der Waals surface area contributed by atoms with Crippen molar-refractivity contribution in [3.8, 4) is 0 Å². The average Bonchev–Trinajstić information content (AvgIpc) is 2.47. The van der Waals surface area contributed by atoms with E-state index in [1.807, 2.05) is 25.7 Å². The van der Waals surface area contributed by atoms with Gasteiger partial charge in [0.15, 0.2) is 0 Å². The van der Waals surface area contributed by atoms with Crippen LogP contribution in [0.2, 0.25) is 0 Å². The molecule has 0 radical (unpaired) electrons. The molecule has 2 aliphatic rings. The van der Waals surface area contributed by atoms with Crippen molar-refractivity contribution in [1.82, 2.24) is 15.1 Å². The lowest BCUT2D eigenvalue weighted by molar-refractivity contribution is 0.0195. The number of carbonyl (C=O) groups excluding carboxylic acids is 1. The molecule has 0 aromatic heterocycles. The highest BCUT2D eigenvalue weighted by Gasteiger charge is 2.26. The zero-order chi connectivity index (χ0) is 16.0. The van der Waals surface area contributed by atoms with Crippen LogP contribution in [0.4, 0.5) is 4.79 Å². The van der Waals surface area contributed by atoms with Gasteiger partial charge in [0, 0.05) is 45.3 Å². The summed E-state index contributed by atoms with van der Waals surface area (Å²) in [6.45, 7) is 13.2. The van der Waals surface area contributed by atoms with E-state index in [0.29, 0.717) is 6.04 Å². The minimum atomic E-state index is -0.412. The normalized spacial score (nSPS) is 21.9. The fraction of sp³-hybridized carbons (Fsp3) is 0.938. The van der Waals surface area contributed by atoms with E-state index in [-0.39, 0.29) is 6.09 Å². The van der Waals surface area contributed by atoms with E-state index in [9.17, 15) is 4.79 Å². The smallest absolute Gasteiger partial charge is 0.410 e. The SMILES string of the molecule is CC(C)(C)OC(=O)N1CCC(NCCN2CCOCC2)CC1. The molecule has 0 aromatic carbocycles. The van der Waals surface area contributed by atoms with Crippen molar-refractivity contribution in [2.24, 2.45) is 0 Å². The Hall–Kier alpha value is -0.850. The minimum Gasteiger partial charge on any atom is -0.444 e. The van der Waals surface area contributed by atoms with Crippen LogP contribution in [-0.4, -0.2) is 80.0 Å². The van der Waals surface area contributed by atoms with Crippen molar-refractivity contribution in [1.29, 1.82) is 0 Å². The van der Waals surface area contributed by atoms with Gasteiger partial charge in [0.25, 0.3) is 0 Å². The third-order valence-electron chi connectivity index (χ3n) is 4.11. The van der Waals surface area contributed by atoms with E-state index in [2.05, 4.69) is 10.2 Å². The Morgan fingerprint density at radius 2 is 1.82 bits per heavy atom. The lowest BCUT2D eigenvalue weighted by Crippen LogP contribution is -2.48. The van der Waals surface area contributed by atoms with E-state index >= 15 is 0 Å². The predicted octanol–water partition coefficient (Wildman–Crippen LogP) is 1.31. The highest BCUT2D eigenvalue weighted by molar-refractivity contribution is 5.68. The summed E-state index contributed by atoms with van der Waals surface area (Å²) in [6, 6.07) is 0.514. The summed E-state index contributed by atoms with van der Waals surface area (Å²) < 4.78 is 10.8. The standard InChI is InChI=1S/C16H31N3O3/c1-16(2,3)22-15(20)19-7-4-14(5-8-19)17-6-9-18-10-12-21-13-11-18/h14,17H,4-13H2,1-3H3. The van der Waals surface area contributed by atoms with E-state index in [1.165, 1.54) is 0 Å². The van der Waals surface area contributed by atoms with E-state index in [0.717, 1.165) is 65.3 Å². The summed E-state index contributed by atoms with van der Waals surface area (Å²) >= 11 is 0. The van der Waals surface area contributed by atoms with Gasteiger partial charge < -0.3 is 19.7 Å². The van der Waals surface area contributed by atoms with Gasteiger partial charge in [-0.25, -0.2) is 4.79 Å². The Morgan fingerprint density at radius 3 is 2.41 bits per heavy atom. The third-order valence-corrected chi connectivity index (χ3v) is 4.11. The summed E-state index contributed by atoms with van der Waals surface area (Å²) in [5, 5.41) is 3.62. The van der Waals surface area contributed by atoms with Crippen LogP contribution in [0.5, 0.6) is 0 Å². The monoisotopic (exact) mass is 313 g/mol. The number of rotatable bonds is 4. The number of amides is 1. The highest BCUT2D eigenvalue weighted by atomic mass is 16.6. The van der Waals surface area contributed by atoms with Crippen molar-refractivity contribution >= 4 is 6.09 Å². The molecule has 0 saturated carbocycles. The number of morpholine rings is 1. The molecule has 0 bridgehead atoms. The number of nitrogens with one attached hydrogen (secondary N) is 1. The highest BCUT2D eigenvalue weighted by Crippen LogP contribution is 2.15. The molecule has 22 heavy (non-hydrogen) atoms. The molecule has 0 atom stereocenters. The first kappa shape index (κ1) is 17.5. The number of ether oxygens (including phenoxy) is 2. The molecule has 2 fully saturated rings. The quantitative estimate of drug-likeness (QED) is 0.848. The summed E-state index contributed by atoms with van der Waals surface area (Å²) in [7, 11) is 0. The van der Waals surface area contributed by atoms with Crippen LogP contribution in [0, 0.1) is 0 Å². The number of likely N-dealkylation sites (tertiary alicyclic amines) is 1. The van der Waals surface area contributed by atoms with E-state index in [4.69, 9.17) is 9.47 Å². The molecule has 1 N–H and O–H groups in total. The van der Waals surface area contributed by atoms with Gasteiger partial charge in [0.2, 0.25) is 0 Å². The van der Waals surface area contributed by atoms with Gasteiger partial charge in [-0.15, -0.1) is 0 Å². The first-order valence-corrected chi connectivity index (χ1v) is 8.45. The zero-order valence-corrected chi connectivity index (χ0v) is 14.3. The van der Waals surface area contributed by atoms with Crippen molar-refractivity contribution in [3.63, 3.8) is 0 Å². The van der Waals surface area contributed by atoms with Crippen molar-refractivity contribution in [2.45, 2.75) is 45.3 Å². The Kier molecular flexibility index (Phi) is 6.47. The predicted molar refractivity (Wildman–Crippen MR) is 86.1 cm³/mol. The number of hydrogen-bond acceptors (Lipinski definition) is 5. The van der Waals surface area contributed by atoms with Crippen LogP contribution < -0.4 is 5.32 Å². The van der Waals surface area contributed by atoms with Crippen molar-refractivity contribution in [3.05, 3.63) is 0 Å². The Morgan fingerprint density at radius 1 is 1.18 bits per heavy atom. The van der Waals surface area contributed by atoms with Crippen LogP contribution in [0.3, 0.4) is 0 Å². The molecule has 0 spiro atoms. The number of hydrogen-bond donors (Lipinski definition) is 1. The van der Waals surface area contributed by atoms with Gasteiger partial charge in [0.1, 0.15) is 5.60 Å². The molecule has 2 aliphatic heterocycles. The number of piperidine rings is 1. The number of carbonyl (C=O) groups is 1. The van der Waals surface area contributed by atoms with Crippen LogP contribution in [0.25, 0.3) is 0 Å². The second-order valence-corrected chi connectivity index (χ2v) is 7.15. The van der Waals surface area contributed by atoms with Gasteiger partial charge in [-0.05, 0) is 33.6 Å². The molecular weight excluding hydrogens is 282 g/mol. The van der Waals surface area contributed by atoms with Gasteiger partial charge in [-0.3, -0.25) is 4.90 Å². The lowest BCUT2D eigenvalue weighted by atomic mass is 10.1. The van der Waals surface area contributed by atoms with Gasteiger partial charge in [-0.2, -0.15) is 0 Å².